The molecule has 0 aromatic heterocycles. The molecule has 6 nitrogen and oxygen atoms in total. The number of hydrogen-bond donors (Lipinski definition) is 1. The van der Waals surface area contributed by atoms with Crippen LogP contribution >= 0.6 is 11.6 Å². The molecule has 4 rings (SSSR count). The highest BCUT2D eigenvalue weighted by atomic mass is 35.5. The van der Waals surface area contributed by atoms with Crippen LogP contribution in [0.4, 0.5) is 5.69 Å². The van der Waals surface area contributed by atoms with Crippen molar-refractivity contribution in [1.29, 1.82) is 0 Å². The smallest absolute Gasteiger partial charge is 0.244 e. The lowest BCUT2D eigenvalue weighted by molar-refractivity contribution is -0.116. The van der Waals surface area contributed by atoms with Crippen molar-refractivity contribution in [1.82, 2.24) is 4.31 Å². The molecule has 4 aromatic rings. The molecule has 196 valence electrons. The molecule has 0 radical (unpaired) electrons. The third-order valence-electron chi connectivity index (χ3n) is 5.93. The second-order valence-electron chi connectivity index (χ2n) is 9.09. The van der Waals surface area contributed by atoms with Crippen LogP contribution in [-0.4, -0.2) is 25.2 Å². The van der Waals surface area contributed by atoms with Crippen molar-refractivity contribution in [3.8, 4) is 11.5 Å². The second-order valence-corrected chi connectivity index (χ2v) is 11.4. The van der Waals surface area contributed by atoms with Crippen LogP contribution < -0.4 is 10.1 Å². The maximum atomic E-state index is 13.9. The van der Waals surface area contributed by atoms with Crippen LogP contribution in [0.2, 0.25) is 5.02 Å². The fourth-order valence-corrected chi connectivity index (χ4v) is 6.27. The highest BCUT2D eigenvalue weighted by molar-refractivity contribution is 7.89. The van der Waals surface area contributed by atoms with E-state index in [1.54, 1.807) is 62.4 Å². The van der Waals surface area contributed by atoms with Crippen molar-refractivity contribution >= 4 is 33.2 Å². The normalized spacial score (nSPS) is 11.4. The van der Waals surface area contributed by atoms with Gasteiger partial charge in [-0.05, 0) is 73.9 Å². The van der Waals surface area contributed by atoms with Gasteiger partial charge in [-0.2, -0.15) is 4.31 Å². The third-order valence-corrected chi connectivity index (χ3v) is 8.28. The van der Waals surface area contributed by atoms with E-state index in [1.807, 2.05) is 49.4 Å². The number of nitrogens with zero attached hydrogens (tertiary/aromatic N) is 1. The summed E-state index contributed by atoms with van der Waals surface area (Å²) in [5.74, 6) is 0.574. The predicted molar refractivity (Wildman–Crippen MR) is 151 cm³/mol. The first-order valence-electron chi connectivity index (χ1n) is 12.1. The maximum Gasteiger partial charge on any atom is 0.244 e. The van der Waals surface area contributed by atoms with Crippen molar-refractivity contribution in [3.63, 3.8) is 0 Å². The van der Waals surface area contributed by atoms with E-state index in [9.17, 15) is 13.2 Å². The molecule has 0 bridgehead atoms. The lowest BCUT2D eigenvalue weighted by Crippen LogP contribution is -2.38. The summed E-state index contributed by atoms with van der Waals surface area (Å²) < 4.78 is 35.0. The van der Waals surface area contributed by atoms with E-state index in [1.165, 1.54) is 4.31 Å². The van der Waals surface area contributed by atoms with Crippen LogP contribution in [-0.2, 0) is 21.4 Å². The summed E-state index contributed by atoms with van der Waals surface area (Å²) in [6.07, 6.45) is 0. The van der Waals surface area contributed by atoms with Gasteiger partial charge in [0.15, 0.2) is 5.75 Å². The van der Waals surface area contributed by atoms with Gasteiger partial charge >= 0.3 is 0 Å². The van der Waals surface area contributed by atoms with E-state index in [0.29, 0.717) is 38.9 Å². The summed E-state index contributed by atoms with van der Waals surface area (Å²) in [7, 11) is -4.03. The molecule has 4 aromatic carbocycles. The van der Waals surface area contributed by atoms with Crippen molar-refractivity contribution < 1.29 is 17.9 Å². The van der Waals surface area contributed by atoms with E-state index in [0.717, 1.165) is 5.56 Å². The summed E-state index contributed by atoms with van der Waals surface area (Å²) in [6, 6.07) is 26.8. The van der Waals surface area contributed by atoms with Gasteiger partial charge < -0.3 is 10.1 Å². The van der Waals surface area contributed by atoms with E-state index in [2.05, 4.69) is 5.32 Å². The zero-order chi connectivity index (χ0) is 27.3. The number of anilines is 1. The molecule has 8 heteroatoms. The number of rotatable bonds is 9. The summed E-state index contributed by atoms with van der Waals surface area (Å²) in [5.41, 5.74) is 3.38. The Hall–Kier alpha value is -3.65. The van der Waals surface area contributed by atoms with E-state index >= 15 is 0 Å². The SMILES string of the molecule is Cc1cc(C)c(S(=O)(=O)N(CC(=O)Nc2ccccc2Oc2ccccc2)Cc2ccc(Cl)cc2)c(C)c1. The molecule has 1 N–H and O–H groups in total. The number of carbonyl (C=O) groups excluding carboxylic acids is 1. The lowest BCUT2D eigenvalue weighted by atomic mass is 10.1. The summed E-state index contributed by atoms with van der Waals surface area (Å²) in [4.78, 5) is 13.5. The minimum Gasteiger partial charge on any atom is -0.455 e. The summed E-state index contributed by atoms with van der Waals surface area (Å²) in [5, 5.41) is 3.37. The zero-order valence-corrected chi connectivity index (χ0v) is 23.0. The van der Waals surface area contributed by atoms with E-state index in [4.69, 9.17) is 16.3 Å². The van der Waals surface area contributed by atoms with Gasteiger partial charge in [-0.25, -0.2) is 8.42 Å². The first kappa shape index (κ1) is 27.4. The Morgan fingerprint density at radius 1 is 0.868 bits per heavy atom. The standard InChI is InChI=1S/C30H29ClN2O4S/c1-21-17-22(2)30(23(3)18-21)38(35,36)33(19-24-13-15-25(31)16-14-24)20-29(34)32-27-11-7-8-12-28(27)37-26-9-5-4-6-10-26/h4-18H,19-20H2,1-3H3,(H,32,34). The van der Waals surface area contributed by atoms with Crippen LogP contribution in [0.5, 0.6) is 11.5 Å². The van der Waals surface area contributed by atoms with Crippen molar-refractivity contribution in [3.05, 3.63) is 118 Å². The Bertz CT molecular complexity index is 1520. The van der Waals surface area contributed by atoms with Crippen LogP contribution in [0.15, 0.2) is 95.9 Å². The number of ether oxygens (including phenoxy) is 1. The number of carbonyl (C=O) groups is 1. The Labute approximate surface area is 228 Å². The third kappa shape index (κ3) is 6.61. The van der Waals surface area contributed by atoms with Crippen LogP contribution in [0.3, 0.4) is 0 Å². The number of aryl methyl sites for hydroxylation is 3. The maximum absolute atomic E-state index is 13.9. The molecule has 0 aliphatic carbocycles. The first-order chi connectivity index (χ1) is 18.1. The van der Waals surface area contributed by atoms with Crippen LogP contribution in [0.25, 0.3) is 0 Å². The van der Waals surface area contributed by atoms with Crippen molar-refractivity contribution in [2.75, 3.05) is 11.9 Å². The first-order valence-corrected chi connectivity index (χ1v) is 13.9. The molecule has 0 saturated carbocycles. The lowest BCUT2D eigenvalue weighted by Gasteiger charge is -2.24. The predicted octanol–water partition coefficient (Wildman–Crippen LogP) is 6.89. The quantitative estimate of drug-likeness (QED) is 0.247. The fraction of sp³-hybridized carbons (Fsp3) is 0.167. The molecule has 0 aliphatic rings. The number of sulfonamides is 1. The molecular weight excluding hydrogens is 520 g/mol. The number of nitrogens with one attached hydrogen (secondary N) is 1. The summed E-state index contributed by atoms with van der Waals surface area (Å²) in [6.45, 7) is 5.07. The molecule has 0 saturated heterocycles. The molecule has 0 heterocycles. The van der Waals surface area contributed by atoms with Gasteiger partial charge in [0.25, 0.3) is 0 Å². The average molecular weight is 549 g/mol. The molecular formula is C30H29ClN2O4S. The monoisotopic (exact) mass is 548 g/mol. The van der Waals surface area contributed by atoms with Crippen molar-refractivity contribution in [2.45, 2.75) is 32.2 Å². The van der Waals surface area contributed by atoms with Gasteiger partial charge in [-0.1, -0.05) is 71.8 Å². The average Bonchev–Trinajstić information content (AvgIpc) is 2.86. The number of halogens is 1. The molecule has 0 fully saturated rings. The minimum atomic E-state index is -4.03. The van der Waals surface area contributed by atoms with Crippen molar-refractivity contribution in [2.24, 2.45) is 0 Å². The highest BCUT2D eigenvalue weighted by Gasteiger charge is 2.30. The van der Waals surface area contributed by atoms with Gasteiger partial charge in [0, 0.05) is 11.6 Å². The molecule has 0 aliphatic heterocycles. The van der Waals surface area contributed by atoms with Gasteiger partial charge in [-0.15, -0.1) is 0 Å². The van der Waals surface area contributed by atoms with Crippen LogP contribution in [0, 0.1) is 20.8 Å². The van der Waals surface area contributed by atoms with Crippen LogP contribution in [0.1, 0.15) is 22.3 Å². The zero-order valence-electron chi connectivity index (χ0n) is 21.4. The Kier molecular flexibility index (Phi) is 8.52. The number of amides is 1. The molecule has 1 amide bonds. The van der Waals surface area contributed by atoms with Gasteiger partial charge in [0.1, 0.15) is 5.75 Å². The fourth-order valence-electron chi connectivity index (χ4n) is 4.35. The Morgan fingerprint density at radius 3 is 2.13 bits per heavy atom. The summed E-state index contributed by atoms with van der Waals surface area (Å²) >= 11 is 6.03. The Balaban J connectivity index is 1.63. The number of benzene rings is 4. The molecule has 0 spiro atoms. The van der Waals surface area contributed by atoms with Gasteiger partial charge in [0.05, 0.1) is 17.1 Å². The van der Waals surface area contributed by atoms with Gasteiger partial charge in [0.2, 0.25) is 15.9 Å². The highest BCUT2D eigenvalue weighted by Crippen LogP contribution is 2.30. The Morgan fingerprint density at radius 2 is 1.47 bits per heavy atom. The van der Waals surface area contributed by atoms with E-state index < -0.39 is 22.5 Å². The second kappa shape index (κ2) is 11.8. The molecule has 0 atom stereocenters. The minimum absolute atomic E-state index is 0.00183. The molecule has 38 heavy (non-hydrogen) atoms. The van der Waals surface area contributed by atoms with E-state index in [-0.39, 0.29) is 11.4 Å². The van der Waals surface area contributed by atoms with Gasteiger partial charge in [-0.3, -0.25) is 4.79 Å². The number of para-hydroxylation sites is 3. The number of hydrogen-bond acceptors (Lipinski definition) is 4. The topological polar surface area (TPSA) is 75.7 Å². The molecule has 0 unspecified atom stereocenters. The largest absolute Gasteiger partial charge is 0.455 e.